The molecule has 0 saturated heterocycles. The van der Waals surface area contributed by atoms with E-state index in [9.17, 15) is 4.79 Å². The monoisotopic (exact) mass is 247 g/mol. The lowest BCUT2D eigenvalue weighted by atomic mass is 9.78. The molecule has 1 atom stereocenters. The van der Waals surface area contributed by atoms with Gasteiger partial charge in [0.25, 0.3) is 0 Å². The van der Waals surface area contributed by atoms with Crippen LogP contribution in [0.3, 0.4) is 0 Å². The first-order valence-corrected chi connectivity index (χ1v) is 6.56. The molecule has 2 fully saturated rings. The Balaban J connectivity index is 1.68. The van der Waals surface area contributed by atoms with Crippen molar-refractivity contribution in [2.45, 2.75) is 38.1 Å². The van der Waals surface area contributed by atoms with Crippen molar-refractivity contribution in [1.82, 2.24) is 9.97 Å². The summed E-state index contributed by atoms with van der Waals surface area (Å²) >= 11 is 0. The van der Waals surface area contributed by atoms with Crippen molar-refractivity contribution in [3.8, 4) is 0 Å². The molecule has 5 nitrogen and oxygen atoms in total. The quantitative estimate of drug-likeness (QED) is 0.834. The number of nitrogens with zero attached hydrogens (tertiary/aromatic N) is 2. The molecule has 0 aliphatic heterocycles. The van der Waals surface area contributed by atoms with Crippen molar-refractivity contribution in [1.29, 1.82) is 0 Å². The van der Waals surface area contributed by atoms with Gasteiger partial charge in [-0.2, -0.15) is 0 Å². The summed E-state index contributed by atoms with van der Waals surface area (Å²) in [6.07, 6.45) is 9.37. The number of anilines is 1. The Kier molecular flexibility index (Phi) is 2.89. The van der Waals surface area contributed by atoms with Crippen LogP contribution in [0.1, 0.15) is 42.6 Å². The molecular weight excluding hydrogens is 230 g/mol. The Morgan fingerprint density at radius 2 is 1.94 bits per heavy atom. The molecule has 2 aliphatic rings. The van der Waals surface area contributed by atoms with E-state index in [0.29, 0.717) is 11.9 Å². The van der Waals surface area contributed by atoms with Crippen LogP contribution in [-0.2, 0) is 0 Å². The van der Waals surface area contributed by atoms with Gasteiger partial charge in [-0.3, -0.25) is 0 Å². The minimum atomic E-state index is -1.04. The van der Waals surface area contributed by atoms with Crippen molar-refractivity contribution in [3.63, 3.8) is 0 Å². The van der Waals surface area contributed by atoms with Gasteiger partial charge in [-0.1, -0.05) is 6.42 Å². The molecule has 0 radical (unpaired) electrons. The molecule has 18 heavy (non-hydrogen) atoms. The number of aromatic nitrogens is 2. The van der Waals surface area contributed by atoms with Gasteiger partial charge in [-0.05, 0) is 37.5 Å². The Morgan fingerprint density at radius 1 is 1.22 bits per heavy atom. The molecule has 2 aliphatic carbocycles. The largest absolute Gasteiger partial charge is 0.476 e. The van der Waals surface area contributed by atoms with Gasteiger partial charge in [0.2, 0.25) is 0 Å². The average molecular weight is 247 g/mol. The van der Waals surface area contributed by atoms with Gasteiger partial charge in [0, 0.05) is 6.04 Å². The summed E-state index contributed by atoms with van der Waals surface area (Å²) in [5, 5.41) is 12.2. The first-order valence-electron chi connectivity index (χ1n) is 6.56. The summed E-state index contributed by atoms with van der Waals surface area (Å²) in [7, 11) is 0. The van der Waals surface area contributed by atoms with E-state index in [1.165, 1.54) is 44.5 Å². The minimum Gasteiger partial charge on any atom is -0.476 e. The summed E-state index contributed by atoms with van der Waals surface area (Å²) in [5.41, 5.74) is -0.00725. The molecule has 2 saturated carbocycles. The standard InChI is InChI=1S/C13H17N3O2/c17-13(18)10-6-15-11(7-14-10)16-12(9-4-5-9)8-2-1-3-8/h6-9,12H,1-5H2,(H,15,16)(H,17,18). The Bertz CT molecular complexity index is 438. The van der Waals surface area contributed by atoms with E-state index in [-0.39, 0.29) is 5.69 Å². The third kappa shape index (κ3) is 2.30. The van der Waals surface area contributed by atoms with E-state index in [4.69, 9.17) is 5.11 Å². The van der Waals surface area contributed by atoms with Crippen LogP contribution >= 0.6 is 0 Å². The van der Waals surface area contributed by atoms with Crippen molar-refractivity contribution in [2.24, 2.45) is 11.8 Å². The van der Waals surface area contributed by atoms with Crippen molar-refractivity contribution in [2.75, 3.05) is 5.32 Å². The van der Waals surface area contributed by atoms with Gasteiger partial charge in [-0.25, -0.2) is 14.8 Å². The van der Waals surface area contributed by atoms with Gasteiger partial charge in [0.05, 0.1) is 12.4 Å². The van der Waals surface area contributed by atoms with E-state index in [2.05, 4.69) is 15.3 Å². The lowest BCUT2D eigenvalue weighted by molar-refractivity contribution is 0.0690. The lowest BCUT2D eigenvalue weighted by Gasteiger charge is -2.34. The molecule has 3 rings (SSSR count). The van der Waals surface area contributed by atoms with E-state index < -0.39 is 5.97 Å². The van der Waals surface area contributed by atoms with Gasteiger partial charge >= 0.3 is 5.97 Å². The highest BCUT2D eigenvalue weighted by Crippen LogP contribution is 2.43. The normalized spacial score (nSPS) is 21.1. The van der Waals surface area contributed by atoms with Gasteiger partial charge in [0.15, 0.2) is 5.69 Å². The molecule has 2 N–H and O–H groups in total. The highest BCUT2D eigenvalue weighted by Gasteiger charge is 2.39. The predicted molar refractivity (Wildman–Crippen MR) is 66.5 cm³/mol. The molecule has 1 unspecified atom stereocenters. The van der Waals surface area contributed by atoms with Crippen molar-refractivity contribution in [3.05, 3.63) is 18.1 Å². The van der Waals surface area contributed by atoms with Crippen molar-refractivity contribution >= 4 is 11.8 Å². The maximum absolute atomic E-state index is 10.7. The second-order valence-electron chi connectivity index (χ2n) is 5.29. The summed E-state index contributed by atoms with van der Waals surface area (Å²) in [4.78, 5) is 18.7. The number of hydrogen-bond donors (Lipinski definition) is 2. The third-order valence-electron chi connectivity index (χ3n) is 3.97. The molecule has 5 heteroatoms. The molecule has 1 aromatic heterocycles. The van der Waals surface area contributed by atoms with E-state index in [0.717, 1.165) is 11.8 Å². The van der Waals surface area contributed by atoms with Crippen LogP contribution in [0, 0.1) is 11.8 Å². The Morgan fingerprint density at radius 3 is 2.39 bits per heavy atom. The smallest absolute Gasteiger partial charge is 0.356 e. The van der Waals surface area contributed by atoms with Crippen LogP contribution in [-0.4, -0.2) is 27.1 Å². The summed E-state index contributed by atoms with van der Waals surface area (Å²) in [6, 6.07) is 0.503. The molecule has 0 spiro atoms. The second kappa shape index (κ2) is 4.55. The first kappa shape index (κ1) is 11.4. The number of nitrogens with one attached hydrogen (secondary N) is 1. The zero-order valence-electron chi connectivity index (χ0n) is 10.2. The molecule has 0 amide bonds. The van der Waals surface area contributed by atoms with Crippen LogP contribution in [0.5, 0.6) is 0 Å². The highest BCUT2D eigenvalue weighted by atomic mass is 16.4. The van der Waals surface area contributed by atoms with Crippen LogP contribution < -0.4 is 5.32 Å². The lowest BCUT2D eigenvalue weighted by Crippen LogP contribution is -2.35. The van der Waals surface area contributed by atoms with Gasteiger partial charge in [-0.15, -0.1) is 0 Å². The maximum Gasteiger partial charge on any atom is 0.356 e. The number of rotatable bonds is 5. The molecule has 1 aromatic rings. The zero-order chi connectivity index (χ0) is 12.5. The summed E-state index contributed by atoms with van der Waals surface area (Å²) in [6.45, 7) is 0. The average Bonchev–Trinajstić information content (AvgIpc) is 3.10. The van der Waals surface area contributed by atoms with Crippen LogP contribution in [0.15, 0.2) is 12.4 Å². The number of carboxylic acids is 1. The molecular formula is C13H17N3O2. The summed E-state index contributed by atoms with van der Waals surface area (Å²) < 4.78 is 0. The fraction of sp³-hybridized carbons (Fsp3) is 0.615. The molecule has 96 valence electrons. The highest BCUT2D eigenvalue weighted by molar-refractivity contribution is 5.84. The first-order chi connectivity index (χ1) is 8.74. The van der Waals surface area contributed by atoms with Crippen LogP contribution in [0.4, 0.5) is 5.82 Å². The Hall–Kier alpha value is -1.65. The van der Waals surface area contributed by atoms with E-state index in [1.54, 1.807) is 0 Å². The minimum absolute atomic E-state index is 0.00725. The van der Waals surface area contributed by atoms with Gasteiger partial charge in [0.1, 0.15) is 5.82 Å². The number of hydrogen-bond acceptors (Lipinski definition) is 4. The van der Waals surface area contributed by atoms with E-state index in [1.807, 2.05) is 0 Å². The van der Waals surface area contributed by atoms with Crippen LogP contribution in [0.2, 0.25) is 0 Å². The fourth-order valence-corrected chi connectivity index (χ4v) is 2.56. The molecule has 0 aromatic carbocycles. The topological polar surface area (TPSA) is 75.1 Å². The van der Waals surface area contributed by atoms with Crippen LogP contribution in [0.25, 0.3) is 0 Å². The fourth-order valence-electron chi connectivity index (χ4n) is 2.56. The van der Waals surface area contributed by atoms with Gasteiger partial charge < -0.3 is 10.4 Å². The predicted octanol–water partition coefficient (Wildman–Crippen LogP) is 2.17. The number of carboxylic acid groups (broad SMARTS) is 1. The second-order valence-corrected chi connectivity index (χ2v) is 5.29. The summed E-state index contributed by atoms with van der Waals surface area (Å²) in [5.74, 6) is 1.20. The molecule has 0 bridgehead atoms. The maximum atomic E-state index is 10.7. The number of aromatic carboxylic acids is 1. The third-order valence-corrected chi connectivity index (χ3v) is 3.97. The molecule has 1 heterocycles. The zero-order valence-corrected chi connectivity index (χ0v) is 10.2. The van der Waals surface area contributed by atoms with Crippen molar-refractivity contribution < 1.29 is 9.90 Å². The Labute approximate surface area is 106 Å². The number of carbonyl (C=O) groups is 1. The SMILES string of the molecule is O=C(O)c1cnc(NC(C2CCC2)C2CC2)cn1. The van der Waals surface area contributed by atoms with E-state index >= 15 is 0 Å².